The maximum atomic E-state index is 17.0. The molecule has 0 radical (unpaired) electrons. The summed E-state index contributed by atoms with van der Waals surface area (Å²) in [6.07, 6.45) is 3.91. The maximum Gasteiger partial charge on any atom is 0.350 e. The number of hydrogen-bond donors (Lipinski definition) is 5. The Balaban J connectivity index is 1.03. The third kappa shape index (κ3) is 9.05. The van der Waals surface area contributed by atoms with Gasteiger partial charge in [0, 0.05) is 63.2 Å². The number of hydrogen-bond acceptors (Lipinski definition) is 9. The third-order valence-electron chi connectivity index (χ3n) is 12.3. The van der Waals surface area contributed by atoms with Gasteiger partial charge in [-0.15, -0.1) is 0 Å². The number of imide groups is 1. The van der Waals surface area contributed by atoms with Gasteiger partial charge in [-0.2, -0.15) is 5.10 Å². The number of aryl methyl sites for hydroxylation is 1. The van der Waals surface area contributed by atoms with E-state index in [-0.39, 0.29) is 52.3 Å². The lowest BCUT2D eigenvalue weighted by Crippen LogP contribution is -2.39. The predicted molar refractivity (Wildman–Crippen MR) is 244 cm³/mol. The van der Waals surface area contributed by atoms with E-state index in [0.717, 1.165) is 24.0 Å². The number of benzene rings is 5. The van der Waals surface area contributed by atoms with Crippen LogP contribution in [0.3, 0.4) is 0 Å². The highest BCUT2D eigenvalue weighted by atomic mass is 19.1. The van der Waals surface area contributed by atoms with E-state index < -0.39 is 35.1 Å². The number of amides is 4. The number of carbonyl (C=O) groups excluding carboxylic acids is 4. The summed E-state index contributed by atoms with van der Waals surface area (Å²) in [7, 11) is 4.60. The number of aromatic nitrogens is 3. The van der Waals surface area contributed by atoms with Crippen molar-refractivity contribution in [2.75, 3.05) is 42.7 Å². The van der Waals surface area contributed by atoms with Crippen molar-refractivity contribution in [1.29, 1.82) is 5.41 Å². The lowest BCUT2D eigenvalue weighted by atomic mass is 9.87. The number of halogens is 2. The van der Waals surface area contributed by atoms with E-state index in [1.165, 1.54) is 34.8 Å². The summed E-state index contributed by atoms with van der Waals surface area (Å²) in [5, 5.41) is 23.3. The molecule has 332 valence electrons. The Bertz CT molecular complexity index is 2920. The van der Waals surface area contributed by atoms with Crippen LogP contribution in [0.5, 0.6) is 0 Å². The molecule has 1 atom stereocenters. The van der Waals surface area contributed by atoms with Crippen LogP contribution in [0.2, 0.25) is 0 Å². The van der Waals surface area contributed by atoms with Gasteiger partial charge in [-0.3, -0.25) is 29.9 Å². The topological polar surface area (TPSA) is 183 Å². The quantitative estimate of drug-likeness (QED) is 0.0690. The summed E-state index contributed by atoms with van der Waals surface area (Å²) >= 11 is 0. The van der Waals surface area contributed by atoms with Gasteiger partial charge in [0.2, 0.25) is 11.8 Å². The van der Waals surface area contributed by atoms with E-state index in [4.69, 9.17) is 5.41 Å². The largest absolute Gasteiger partial charge is 0.387 e. The van der Waals surface area contributed by atoms with Gasteiger partial charge in [0.15, 0.2) is 0 Å². The van der Waals surface area contributed by atoms with Crippen LogP contribution in [-0.2, 0) is 27.9 Å². The van der Waals surface area contributed by atoms with Crippen LogP contribution in [0.4, 0.5) is 25.8 Å². The van der Waals surface area contributed by atoms with Gasteiger partial charge < -0.3 is 20.9 Å². The van der Waals surface area contributed by atoms with Crippen molar-refractivity contribution >= 4 is 46.4 Å². The second-order valence-corrected chi connectivity index (χ2v) is 16.2. The van der Waals surface area contributed by atoms with Crippen LogP contribution in [0, 0.1) is 17.0 Å². The van der Waals surface area contributed by atoms with Crippen molar-refractivity contribution in [3.63, 3.8) is 0 Å². The van der Waals surface area contributed by atoms with Crippen LogP contribution >= 0.6 is 0 Å². The van der Waals surface area contributed by atoms with Gasteiger partial charge >= 0.3 is 5.69 Å². The summed E-state index contributed by atoms with van der Waals surface area (Å²) in [6, 6.07) is 27.7. The Labute approximate surface area is 373 Å². The predicted octanol–water partition coefficient (Wildman–Crippen LogP) is 6.42. The van der Waals surface area contributed by atoms with Crippen LogP contribution in [0.15, 0.2) is 108 Å². The molecule has 0 bridgehead atoms. The first-order valence-electron chi connectivity index (χ1n) is 21.3. The fraction of sp³-hybridized carbons (Fsp3) is 0.245. The van der Waals surface area contributed by atoms with Crippen molar-refractivity contribution in [3.8, 4) is 16.8 Å². The summed E-state index contributed by atoms with van der Waals surface area (Å²) < 4.78 is 35.0. The average molecular weight is 880 g/mol. The smallest absolute Gasteiger partial charge is 0.350 e. The molecule has 8 rings (SSSR count). The van der Waals surface area contributed by atoms with E-state index in [9.17, 15) is 24.0 Å². The molecule has 2 saturated heterocycles. The van der Waals surface area contributed by atoms with E-state index in [2.05, 4.69) is 38.5 Å². The lowest BCUT2D eigenvalue weighted by Gasteiger charge is -2.34. The van der Waals surface area contributed by atoms with E-state index in [1.807, 2.05) is 17.0 Å². The highest BCUT2D eigenvalue weighted by Gasteiger charge is 2.30. The minimum atomic E-state index is -0.878. The van der Waals surface area contributed by atoms with Crippen molar-refractivity contribution in [2.45, 2.75) is 43.9 Å². The maximum absolute atomic E-state index is 17.0. The van der Waals surface area contributed by atoms with Crippen LogP contribution < -0.4 is 31.9 Å². The molecule has 3 heterocycles. The molecule has 1 unspecified atom stereocenters. The van der Waals surface area contributed by atoms with Crippen LogP contribution in [-0.4, -0.2) is 70.9 Å². The number of nitrogens with zero attached hydrogens (tertiary/aromatic N) is 4. The minimum absolute atomic E-state index is 0.142. The fourth-order valence-corrected chi connectivity index (χ4v) is 8.72. The first-order chi connectivity index (χ1) is 31.3. The monoisotopic (exact) mass is 879 g/mol. The van der Waals surface area contributed by atoms with Crippen molar-refractivity contribution in [3.05, 3.63) is 159 Å². The normalized spacial score (nSPS) is 15.3. The molecule has 0 spiro atoms. The zero-order valence-electron chi connectivity index (χ0n) is 36.0. The Hall–Kier alpha value is -7.75. The molecule has 5 N–H and O–H groups in total. The molecule has 2 fully saturated rings. The molecular weight excluding hydrogens is 833 g/mol. The van der Waals surface area contributed by atoms with Crippen LogP contribution in [0.1, 0.15) is 75.7 Å². The fourth-order valence-electron chi connectivity index (χ4n) is 8.72. The van der Waals surface area contributed by atoms with Gasteiger partial charge in [-0.05, 0) is 114 Å². The van der Waals surface area contributed by atoms with E-state index >= 15 is 8.78 Å². The summed E-state index contributed by atoms with van der Waals surface area (Å²) in [6.45, 7) is 1.27. The average Bonchev–Trinajstić information content (AvgIpc) is 3.65. The van der Waals surface area contributed by atoms with Gasteiger partial charge in [-0.25, -0.2) is 22.8 Å². The Morgan fingerprint density at radius 2 is 1.60 bits per heavy atom. The zero-order chi connectivity index (χ0) is 45.9. The van der Waals surface area contributed by atoms with Crippen molar-refractivity contribution in [1.82, 2.24) is 25.0 Å². The van der Waals surface area contributed by atoms with Crippen molar-refractivity contribution in [2.24, 2.45) is 7.05 Å². The molecule has 65 heavy (non-hydrogen) atoms. The number of rotatable bonds is 12. The minimum Gasteiger partial charge on any atom is -0.387 e. The van der Waals surface area contributed by atoms with Gasteiger partial charge in [0.1, 0.15) is 23.7 Å². The number of anilines is 3. The highest BCUT2D eigenvalue weighted by molar-refractivity contribution is 6.48. The Kier molecular flexibility index (Phi) is 12.5. The molecule has 5 aromatic carbocycles. The molecule has 1 aromatic heterocycles. The molecule has 2 aliphatic rings. The van der Waals surface area contributed by atoms with Gasteiger partial charge in [-0.1, -0.05) is 42.5 Å². The SMILES string of the molecule is CNC(=O)c1cccc(NC(=O)C(=N)c2c(NC)ccc(-c3ccc(-n4cnn(C)c4=O)cc3Cc3ccc(C4CCN(c5ccc(C6CCC(=O)NC6=O)cc5F)CC4)cc3)c2F)c1. The number of carbonyl (C=O) groups is 4. The van der Waals surface area contributed by atoms with Crippen molar-refractivity contribution < 1.29 is 28.0 Å². The van der Waals surface area contributed by atoms with E-state index in [0.29, 0.717) is 59.6 Å². The summed E-state index contributed by atoms with van der Waals surface area (Å²) in [5.74, 6) is -3.47. The molecule has 16 heteroatoms. The highest BCUT2D eigenvalue weighted by Crippen LogP contribution is 2.37. The Morgan fingerprint density at radius 3 is 2.28 bits per heavy atom. The number of nitrogens with one attached hydrogen (secondary N) is 5. The Morgan fingerprint density at radius 1 is 0.862 bits per heavy atom. The second-order valence-electron chi connectivity index (χ2n) is 16.2. The number of piperidine rings is 2. The lowest BCUT2D eigenvalue weighted by molar-refractivity contribution is -0.134. The molecule has 2 aliphatic heterocycles. The summed E-state index contributed by atoms with van der Waals surface area (Å²) in [5.41, 5.74) is 4.46. The molecule has 0 aliphatic carbocycles. The first kappa shape index (κ1) is 43.9. The first-order valence-corrected chi connectivity index (χ1v) is 21.3. The molecule has 0 saturated carbocycles. The molecule has 6 aromatic rings. The second kappa shape index (κ2) is 18.5. The van der Waals surface area contributed by atoms with Gasteiger partial charge in [0.05, 0.1) is 22.9 Å². The zero-order valence-corrected chi connectivity index (χ0v) is 36.0. The van der Waals surface area contributed by atoms with Gasteiger partial charge in [0.25, 0.3) is 11.8 Å². The standard InChI is InChI=1S/C49H47F2N9O5/c1-53-40-16-14-38(44(51)43(40)45(52)48(64)56-34-6-4-5-32(24-34)46(62)54-2)36-13-12-35(60-27-55-58(3)49(60)65)25-33(36)23-28-7-9-29(10-8-28)30-19-21-59(22-20-30)41-17-11-31(26-39(41)50)37-15-18-42(61)57-47(37)63/h4-14,16-17,24-27,30,37,52-53H,15,18-23H2,1-3H3,(H,54,62)(H,56,64)(H,57,61,63). The summed E-state index contributed by atoms with van der Waals surface area (Å²) in [4.78, 5) is 64.6. The van der Waals surface area contributed by atoms with E-state index in [1.54, 1.807) is 74.8 Å². The molecular formula is C49H47F2N9O5. The van der Waals surface area contributed by atoms with Crippen LogP contribution in [0.25, 0.3) is 16.8 Å². The third-order valence-corrected chi connectivity index (χ3v) is 12.3. The molecule has 14 nitrogen and oxygen atoms in total. The molecule has 4 amide bonds.